The molecule has 3 aromatic rings. The first-order valence-corrected chi connectivity index (χ1v) is 9.18. The van der Waals surface area contributed by atoms with E-state index in [0.717, 1.165) is 10.9 Å². The Bertz CT molecular complexity index is 1070. The molecule has 1 aromatic heterocycles. The van der Waals surface area contributed by atoms with Crippen molar-refractivity contribution < 1.29 is 9.18 Å². The topological polar surface area (TPSA) is 64.0 Å². The molecule has 0 saturated carbocycles. The lowest BCUT2D eigenvalue weighted by atomic mass is 9.82. The van der Waals surface area contributed by atoms with Crippen molar-refractivity contribution in [2.45, 2.75) is 40.3 Å². The van der Waals surface area contributed by atoms with Crippen LogP contribution in [0.5, 0.6) is 0 Å². The van der Waals surface area contributed by atoms with Gasteiger partial charge in [0.1, 0.15) is 12.4 Å². The number of aromatic nitrogens is 2. The van der Waals surface area contributed by atoms with E-state index >= 15 is 0 Å². The maximum atomic E-state index is 13.3. The van der Waals surface area contributed by atoms with Crippen molar-refractivity contribution in [1.29, 1.82) is 0 Å². The Kier molecular flexibility index (Phi) is 5.31. The molecule has 0 spiro atoms. The third-order valence-electron chi connectivity index (χ3n) is 4.72. The second-order valence-corrected chi connectivity index (χ2v) is 8.01. The lowest BCUT2D eigenvalue weighted by Crippen LogP contribution is -2.40. The molecule has 1 heterocycles. The van der Waals surface area contributed by atoms with Crippen LogP contribution in [-0.2, 0) is 11.3 Å². The summed E-state index contributed by atoms with van der Waals surface area (Å²) in [6.07, 6.45) is 0. The molecule has 0 fully saturated rings. The zero-order valence-electron chi connectivity index (χ0n) is 16.5. The van der Waals surface area contributed by atoms with Gasteiger partial charge in [-0.3, -0.25) is 9.59 Å². The van der Waals surface area contributed by atoms with Crippen molar-refractivity contribution in [3.05, 3.63) is 76.0 Å². The third kappa shape index (κ3) is 4.11. The number of halogens is 1. The van der Waals surface area contributed by atoms with Gasteiger partial charge in [-0.1, -0.05) is 51.1 Å². The largest absolute Gasteiger partial charge is 0.347 e. The predicted octanol–water partition coefficient (Wildman–Crippen LogP) is 3.75. The number of carbonyl (C=O) groups excluding carboxylic acids is 1. The van der Waals surface area contributed by atoms with Crippen LogP contribution in [0.15, 0.2) is 53.3 Å². The smallest absolute Gasteiger partial charge is 0.275 e. The van der Waals surface area contributed by atoms with Crippen LogP contribution in [0.25, 0.3) is 10.8 Å². The minimum atomic E-state index is -0.335. The maximum Gasteiger partial charge on any atom is 0.275 e. The van der Waals surface area contributed by atoms with E-state index in [1.165, 1.54) is 16.8 Å². The molecule has 0 radical (unpaired) electrons. The maximum absolute atomic E-state index is 13.3. The molecule has 0 aliphatic carbocycles. The van der Waals surface area contributed by atoms with Gasteiger partial charge in [0.15, 0.2) is 0 Å². The molecule has 1 N–H and O–H groups in total. The first-order valence-electron chi connectivity index (χ1n) is 9.18. The van der Waals surface area contributed by atoms with Crippen LogP contribution in [0.3, 0.4) is 0 Å². The number of nitrogens with one attached hydrogen (secondary N) is 1. The molecule has 146 valence electrons. The molecule has 3 rings (SSSR count). The van der Waals surface area contributed by atoms with Crippen LogP contribution < -0.4 is 10.9 Å². The Hall–Kier alpha value is -3.02. The van der Waals surface area contributed by atoms with Gasteiger partial charge < -0.3 is 5.32 Å². The van der Waals surface area contributed by atoms with Crippen LogP contribution in [0.2, 0.25) is 0 Å². The van der Waals surface area contributed by atoms with E-state index in [2.05, 4.69) is 10.4 Å². The Morgan fingerprint density at radius 2 is 1.71 bits per heavy atom. The van der Waals surface area contributed by atoms with E-state index in [-0.39, 0.29) is 35.3 Å². The number of carbonyl (C=O) groups is 1. The van der Waals surface area contributed by atoms with Crippen LogP contribution in [0.1, 0.15) is 38.1 Å². The first-order chi connectivity index (χ1) is 13.2. The van der Waals surface area contributed by atoms with Crippen molar-refractivity contribution >= 4 is 16.7 Å². The van der Waals surface area contributed by atoms with Crippen LogP contribution >= 0.6 is 0 Å². The monoisotopic (exact) mass is 381 g/mol. The number of fused-ring (bicyclic) bond motifs is 1. The van der Waals surface area contributed by atoms with Crippen LogP contribution in [0.4, 0.5) is 4.39 Å². The second kappa shape index (κ2) is 7.54. The van der Waals surface area contributed by atoms with Crippen molar-refractivity contribution in [2.24, 2.45) is 5.41 Å². The summed E-state index contributed by atoms with van der Waals surface area (Å²) >= 11 is 0. The van der Waals surface area contributed by atoms with E-state index in [1.807, 2.05) is 39.8 Å². The molecule has 5 nitrogen and oxygen atoms in total. The van der Waals surface area contributed by atoms with E-state index in [1.54, 1.807) is 24.3 Å². The van der Waals surface area contributed by atoms with Gasteiger partial charge in [0.2, 0.25) is 5.91 Å². The summed E-state index contributed by atoms with van der Waals surface area (Å²) in [7, 11) is 0. The standard InChI is InChI=1S/C22H24FN3O2/c1-14-17-7-5-6-8-18(17)21(28)26(25-14)13-19(27)24-20(22(2,3)4)15-9-11-16(23)12-10-15/h5-12,20H,13H2,1-4H3,(H,24,27). The fourth-order valence-electron chi connectivity index (χ4n) is 3.31. The molecule has 0 aliphatic rings. The fourth-order valence-corrected chi connectivity index (χ4v) is 3.31. The van der Waals surface area contributed by atoms with Crippen molar-refractivity contribution in [2.75, 3.05) is 0 Å². The van der Waals surface area contributed by atoms with Gasteiger partial charge in [-0.05, 0) is 36.1 Å². The van der Waals surface area contributed by atoms with E-state index in [0.29, 0.717) is 11.1 Å². The molecule has 0 bridgehead atoms. The first kappa shape index (κ1) is 19.7. The van der Waals surface area contributed by atoms with Gasteiger partial charge in [-0.25, -0.2) is 9.07 Å². The summed E-state index contributed by atoms with van der Waals surface area (Å²) in [5.41, 5.74) is 0.891. The number of hydrogen-bond donors (Lipinski definition) is 1. The highest BCUT2D eigenvalue weighted by atomic mass is 19.1. The molecule has 1 unspecified atom stereocenters. The van der Waals surface area contributed by atoms with Gasteiger partial charge >= 0.3 is 0 Å². The Labute approximate surface area is 163 Å². The van der Waals surface area contributed by atoms with Gasteiger partial charge in [0.05, 0.1) is 17.1 Å². The Morgan fingerprint density at radius 3 is 2.32 bits per heavy atom. The molecule has 1 amide bonds. The SMILES string of the molecule is Cc1nn(CC(=O)NC(c2ccc(F)cc2)C(C)(C)C)c(=O)c2ccccc12. The van der Waals surface area contributed by atoms with E-state index < -0.39 is 0 Å². The van der Waals surface area contributed by atoms with Gasteiger partial charge in [0.25, 0.3) is 5.56 Å². The Morgan fingerprint density at radius 1 is 1.11 bits per heavy atom. The summed E-state index contributed by atoms with van der Waals surface area (Å²) < 4.78 is 14.5. The van der Waals surface area contributed by atoms with Crippen molar-refractivity contribution in [3.63, 3.8) is 0 Å². The molecular formula is C22H24FN3O2. The zero-order valence-corrected chi connectivity index (χ0v) is 16.5. The molecule has 0 aliphatic heterocycles. The highest BCUT2D eigenvalue weighted by Crippen LogP contribution is 2.32. The summed E-state index contributed by atoms with van der Waals surface area (Å²) in [5.74, 6) is -0.654. The lowest BCUT2D eigenvalue weighted by molar-refractivity contribution is -0.123. The molecular weight excluding hydrogens is 357 g/mol. The van der Waals surface area contributed by atoms with Gasteiger partial charge in [-0.15, -0.1) is 0 Å². The average Bonchev–Trinajstić information content (AvgIpc) is 2.64. The van der Waals surface area contributed by atoms with Gasteiger partial charge in [-0.2, -0.15) is 5.10 Å². The quantitative estimate of drug-likeness (QED) is 0.749. The molecule has 1 atom stereocenters. The number of benzene rings is 2. The zero-order chi connectivity index (χ0) is 20.5. The van der Waals surface area contributed by atoms with Crippen LogP contribution in [-0.4, -0.2) is 15.7 Å². The van der Waals surface area contributed by atoms with Gasteiger partial charge in [0, 0.05) is 5.39 Å². The summed E-state index contributed by atoms with van der Waals surface area (Å²) in [4.78, 5) is 25.4. The highest BCUT2D eigenvalue weighted by Gasteiger charge is 2.28. The predicted molar refractivity (Wildman–Crippen MR) is 107 cm³/mol. The summed E-state index contributed by atoms with van der Waals surface area (Å²) in [6.45, 7) is 7.61. The molecule has 6 heteroatoms. The summed E-state index contributed by atoms with van der Waals surface area (Å²) in [5, 5.41) is 8.58. The number of aryl methyl sites for hydroxylation is 1. The number of nitrogens with zero attached hydrogens (tertiary/aromatic N) is 2. The van der Waals surface area contributed by atoms with Crippen molar-refractivity contribution in [3.8, 4) is 0 Å². The van der Waals surface area contributed by atoms with Crippen LogP contribution in [0, 0.1) is 18.2 Å². The Balaban J connectivity index is 1.88. The highest BCUT2D eigenvalue weighted by molar-refractivity contribution is 5.83. The minimum absolute atomic E-state index is 0.182. The average molecular weight is 381 g/mol. The molecule has 28 heavy (non-hydrogen) atoms. The lowest BCUT2D eigenvalue weighted by Gasteiger charge is -2.32. The number of rotatable bonds is 4. The summed E-state index contributed by atoms with van der Waals surface area (Å²) in [6, 6.07) is 13.0. The second-order valence-electron chi connectivity index (χ2n) is 8.01. The minimum Gasteiger partial charge on any atom is -0.347 e. The normalized spacial score (nSPS) is 12.8. The van der Waals surface area contributed by atoms with Crippen molar-refractivity contribution in [1.82, 2.24) is 15.1 Å². The van der Waals surface area contributed by atoms with E-state index in [9.17, 15) is 14.0 Å². The fraction of sp³-hybridized carbons (Fsp3) is 0.318. The number of amides is 1. The third-order valence-corrected chi connectivity index (χ3v) is 4.72. The van der Waals surface area contributed by atoms with E-state index in [4.69, 9.17) is 0 Å². The molecule has 0 saturated heterocycles. The number of hydrogen-bond acceptors (Lipinski definition) is 3. The molecule has 2 aromatic carbocycles.